The van der Waals surface area contributed by atoms with E-state index in [1.165, 1.54) is 33.1 Å². The zero-order valence-corrected chi connectivity index (χ0v) is 42.2. The second-order valence-electron chi connectivity index (χ2n) is 17.2. The molecule has 1 fully saturated rings. The van der Waals surface area contributed by atoms with E-state index in [2.05, 4.69) is 41.3 Å². The molecule has 1 aliphatic rings. The molecule has 2 aromatic rings. The van der Waals surface area contributed by atoms with Gasteiger partial charge < -0.3 is 56.0 Å². The van der Waals surface area contributed by atoms with Gasteiger partial charge in [-0.2, -0.15) is 4.31 Å². The number of carbonyl (C=O) groups is 3. The number of hydrogen-bond acceptors (Lipinski definition) is 19. The minimum atomic E-state index is -5.58. The molecular weight excluding hydrogens is 979 g/mol. The van der Waals surface area contributed by atoms with Gasteiger partial charge in [0.15, 0.2) is 22.8 Å². The van der Waals surface area contributed by atoms with E-state index in [1.807, 2.05) is 0 Å². The number of nitrogens with two attached hydrogens (primary N) is 1. The monoisotopic (exact) mass is 1050 g/mol. The molecule has 29 heteroatoms. The molecule has 0 aliphatic carbocycles. The molecule has 0 spiro atoms. The normalized spacial score (nSPS) is 20.4. The predicted octanol–water partition coefficient (Wildman–Crippen LogP) is 3.90. The maximum absolute atomic E-state index is 12.7. The number of anilines is 1. The van der Waals surface area contributed by atoms with Crippen LogP contribution in [0, 0.1) is 5.41 Å². The molecule has 390 valence electrons. The Kier molecular flexibility index (Phi) is 25.6. The van der Waals surface area contributed by atoms with E-state index in [0.717, 1.165) is 99.6 Å². The number of amides is 2. The minimum Gasteiger partial charge on any atom is -0.393 e. The van der Waals surface area contributed by atoms with Crippen LogP contribution in [0.4, 0.5) is 5.82 Å². The molecule has 68 heavy (non-hydrogen) atoms. The third-order valence-corrected chi connectivity index (χ3v) is 14.9. The molecule has 8 atom stereocenters. The number of unbranched alkanes of at least 4 members (excludes halogenated alkanes) is 10. The Morgan fingerprint density at radius 3 is 2.13 bits per heavy atom. The number of nitrogens with one attached hydrogen (secondary N) is 2. The summed E-state index contributed by atoms with van der Waals surface area (Å²) >= 11 is 1.14. The molecule has 3 rings (SSSR count). The highest BCUT2D eigenvalue weighted by atomic mass is 32.2. The second kappa shape index (κ2) is 29.1. The van der Waals surface area contributed by atoms with E-state index >= 15 is 0 Å². The van der Waals surface area contributed by atoms with Crippen molar-refractivity contribution in [1.29, 1.82) is 0 Å². The van der Waals surface area contributed by atoms with Crippen LogP contribution in [-0.2, 0) is 50.7 Å². The molecular formula is C39H70N7O18P3S. The molecule has 1 saturated heterocycles. The van der Waals surface area contributed by atoms with Gasteiger partial charge in [-0.1, -0.05) is 103 Å². The quantitative estimate of drug-likeness (QED) is 0.0346. The highest BCUT2D eigenvalue weighted by molar-refractivity contribution is 8.13. The standard InChI is InChI=1S/C39H70N7O18P3S/c1-4-5-6-13-16-27(47)17-14-11-9-7-8-10-12-15-18-30(49)68-22-21-41-29(48)19-20-42-37(52)34(51)39(2,3)24-61-67(58,59)64-66(56,57)60-23-28-33(63-65(53,54)55)32(50)38(62-28)46-26-45-31-35(40)43-25-44-36(31)46/h25-28,32-34,38,47,50-51H,4-24H2,1-3H3,(H,41,48)(H,42,52)(H,56,57)(H,58,59)(H2,40,43,44)(H2,53,54,55)/t27?,28-,32-,33-,34+,38-/m1/s1. The van der Waals surface area contributed by atoms with Crippen LogP contribution in [0.15, 0.2) is 12.7 Å². The zero-order valence-electron chi connectivity index (χ0n) is 38.7. The van der Waals surface area contributed by atoms with Gasteiger partial charge in [-0.25, -0.2) is 28.6 Å². The van der Waals surface area contributed by atoms with Crippen molar-refractivity contribution in [2.45, 2.75) is 160 Å². The molecule has 0 bridgehead atoms. The summed E-state index contributed by atoms with van der Waals surface area (Å²) in [5, 5.41) is 36.7. The molecule has 2 aromatic heterocycles. The number of aromatic nitrogens is 4. The Morgan fingerprint density at radius 2 is 1.49 bits per heavy atom. The summed E-state index contributed by atoms with van der Waals surface area (Å²) in [5.74, 6) is -1.06. The number of rotatable bonds is 35. The van der Waals surface area contributed by atoms with Crippen molar-refractivity contribution >= 4 is 69.1 Å². The molecule has 2 amide bonds. The van der Waals surface area contributed by atoms with Crippen LogP contribution in [0.5, 0.6) is 0 Å². The van der Waals surface area contributed by atoms with Gasteiger partial charge in [0.1, 0.15) is 36.3 Å². The third kappa shape index (κ3) is 21.9. The van der Waals surface area contributed by atoms with E-state index in [-0.39, 0.29) is 47.7 Å². The molecule has 3 heterocycles. The predicted molar refractivity (Wildman–Crippen MR) is 248 cm³/mol. The van der Waals surface area contributed by atoms with Gasteiger partial charge in [0.05, 0.1) is 25.6 Å². The lowest BCUT2D eigenvalue weighted by Crippen LogP contribution is -2.46. The van der Waals surface area contributed by atoms with Crippen molar-refractivity contribution < 1.29 is 85.6 Å². The number of fused-ring (bicyclic) bond motifs is 1. The van der Waals surface area contributed by atoms with Crippen molar-refractivity contribution in [2.24, 2.45) is 5.41 Å². The number of nitrogen functional groups attached to an aromatic ring is 1. The van der Waals surface area contributed by atoms with Crippen LogP contribution in [0.1, 0.15) is 130 Å². The van der Waals surface area contributed by atoms with Crippen molar-refractivity contribution in [3.63, 3.8) is 0 Å². The van der Waals surface area contributed by atoms with Gasteiger partial charge in [-0.15, -0.1) is 0 Å². The van der Waals surface area contributed by atoms with Crippen LogP contribution in [-0.4, -0.2) is 134 Å². The fraction of sp³-hybridized carbons (Fsp3) is 0.795. The minimum absolute atomic E-state index is 0.0308. The number of aliphatic hydroxyl groups excluding tert-OH is 3. The second-order valence-corrected chi connectivity index (χ2v) is 22.5. The number of imidazole rings is 1. The number of carbonyl (C=O) groups excluding carboxylic acids is 3. The Bertz CT molecular complexity index is 2030. The van der Waals surface area contributed by atoms with Crippen LogP contribution in [0.25, 0.3) is 11.2 Å². The number of nitrogens with zero attached hydrogens (tertiary/aromatic N) is 4. The molecule has 1 aliphatic heterocycles. The van der Waals surface area contributed by atoms with Gasteiger partial charge in [0.2, 0.25) is 11.8 Å². The van der Waals surface area contributed by atoms with Crippen molar-refractivity contribution in [3.05, 3.63) is 12.7 Å². The van der Waals surface area contributed by atoms with Crippen LogP contribution >= 0.6 is 35.2 Å². The summed E-state index contributed by atoms with van der Waals surface area (Å²) in [6, 6.07) is 0. The Morgan fingerprint density at radius 1 is 0.868 bits per heavy atom. The third-order valence-electron chi connectivity index (χ3n) is 10.8. The summed E-state index contributed by atoms with van der Waals surface area (Å²) in [6.45, 7) is 2.71. The van der Waals surface area contributed by atoms with E-state index in [9.17, 15) is 63.0 Å². The fourth-order valence-electron chi connectivity index (χ4n) is 7.03. The molecule has 3 unspecified atom stereocenters. The van der Waals surface area contributed by atoms with Crippen LogP contribution < -0.4 is 16.4 Å². The van der Waals surface area contributed by atoms with E-state index in [4.69, 9.17) is 19.5 Å². The lowest BCUT2D eigenvalue weighted by molar-refractivity contribution is -0.137. The smallest absolute Gasteiger partial charge is 0.393 e. The highest BCUT2D eigenvalue weighted by Crippen LogP contribution is 2.61. The maximum Gasteiger partial charge on any atom is 0.481 e. The Balaban J connectivity index is 1.29. The number of aliphatic hydroxyl groups is 3. The maximum atomic E-state index is 12.7. The van der Waals surface area contributed by atoms with Gasteiger partial charge in [0.25, 0.3) is 0 Å². The van der Waals surface area contributed by atoms with Gasteiger partial charge in [-0.05, 0) is 19.3 Å². The van der Waals surface area contributed by atoms with Crippen LogP contribution in [0.2, 0.25) is 0 Å². The first-order valence-corrected chi connectivity index (χ1v) is 28.2. The zero-order chi connectivity index (χ0) is 50.5. The topological polar surface area (TPSA) is 384 Å². The largest absolute Gasteiger partial charge is 0.481 e. The number of phosphoric ester groups is 3. The number of ether oxygens (including phenoxy) is 1. The SMILES string of the molecule is CCCCCCC(O)CCCCCCCCCCC(=O)SCCNC(=O)CCNC(=O)[C@H](O)C(C)(C)COP(=O)(O)OP(=O)(O)OC[C@H]1O[C@@H](n2cnc3c(N)ncnc32)[C@H](O)[C@@H]1OP(=O)(O)O. The first-order valence-electron chi connectivity index (χ1n) is 22.7. The molecule has 11 N–H and O–H groups in total. The summed E-state index contributed by atoms with van der Waals surface area (Å²) < 4.78 is 62.4. The molecule has 0 aromatic carbocycles. The lowest BCUT2D eigenvalue weighted by Gasteiger charge is -2.30. The van der Waals surface area contributed by atoms with Gasteiger partial charge >= 0.3 is 23.5 Å². The average Bonchev–Trinajstić information content (AvgIpc) is 3.82. The van der Waals surface area contributed by atoms with Gasteiger partial charge in [0, 0.05) is 37.1 Å². The number of hydrogen-bond donors (Lipinski definition) is 10. The number of thioether (sulfide) groups is 1. The summed E-state index contributed by atoms with van der Waals surface area (Å²) in [6.07, 6.45) is 8.35. The lowest BCUT2D eigenvalue weighted by atomic mass is 9.87. The Labute approximate surface area is 399 Å². The molecule has 25 nitrogen and oxygen atoms in total. The highest BCUT2D eigenvalue weighted by Gasteiger charge is 2.50. The van der Waals surface area contributed by atoms with E-state index < -0.39 is 84.6 Å². The number of phosphoric acid groups is 3. The average molecular weight is 1050 g/mol. The fourth-order valence-corrected chi connectivity index (χ4v) is 10.6. The summed E-state index contributed by atoms with van der Waals surface area (Å²) in [5.41, 5.74) is 4.28. The first-order chi connectivity index (χ1) is 31.9. The van der Waals surface area contributed by atoms with E-state index in [0.29, 0.717) is 12.2 Å². The summed E-state index contributed by atoms with van der Waals surface area (Å²) in [7, 11) is -16.4. The van der Waals surface area contributed by atoms with Crippen molar-refractivity contribution in [3.8, 4) is 0 Å². The van der Waals surface area contributed by atoms with Crippen molar-refractivity contribution in [1.82, 2.24) is 30.2 Å². The summed E-state index contributed by atoms with van der Waals surface area (Å²) in [4.78, 5) is 88.4. The first kappa shape index (κ1) is 59.8. The van der Waals surface area contributed by atoms with Crippen LogP contribution in [0.3, 0.4) is 0 Å². The molecule has 0 radical (unpaired) electrons. The van der Waals surface area contributed by atoms with E-state index in [1.54, 1.807) is 0 Å². The van der Waals surface area contributed by atoms with Gasteiger partial charge in [-0.3, -0.25) is 32.5 Å². The van der Waals surface area contributed by atoms with Crippen molar-refractivity contribution in [2.75, 3.05) is 37.8 Å². The Hall–Kier alpha value is -2.48. The molecule has 0 saturated carbocycles.